The Labute approximate surface area is 112 Å². The van der Waals surface area contributed by atoms with Crippen LogP contribution in [0.3, 0.4) is 0 Å². The fraction of sp³-hybridized carbons (Fsp3) is 0.375. The lowest BCUT2D eigenvalue weighted by Gasteiger charge is -2.16. The van der Waals surface area contributed by atoms with E-state index in [-0.39, 0.29) is 11.7 Å². The molecule has 0 aliphatic heterocycles. The number of aromatic nitrogens is 1. The molecule has 3 heteroatoms. The lowest BCUT2D eigenvalue weighted by atomic mass is 9.86. The Bertz CT molecular complexity index is 678. The molecule has 1 fully saturated rings. The molecule has 0 spiro atoms. The highest BCUT2D eigenvalue weighted by Gasteiger charge is 2.33. The van der Waals surface area contributed by atoms with Crippen LogP contribution in [-0.4, -0.2) is 10.8 Å². The number of aromatic amines is 1. The zero-order valence-corrected chi connectivity index (χ0v) is 10.9. The van der Waals surface area contributed by atoms with Gasteiger partial charge in [0.1, 0.15) is 5.78 Å². The van der Waals surface area contributed by atoms with Gasteiger partial charge in [0.15, 0.2) is 5.69 Å². The summed E-state index contributed by atoms with van der Waals surface area (Å²) in [6.07, 6.45) is 5.20. The molecule has 2 aromatic rings. The average Bonchev–Trinajstić information content (AvgIpc) is 3.03. The standard InChI is InChI=1S/C16H16N2O/c1-10(19)12-4-3-5-13(12)15-9-18-16-7-6-11(17-2)8-14(15)16/h6-9,12-13,18H,3-5H2,1H3. The molecule has 0 saturated heterocycles. The highest BCUT2D eigenvalue weighted by Crippen LogP contribution is 2.43. The van der Waals surface area contributed by atoms with Crippen molar-refractivity contribution < 1.29 is 4.79 Å². The second-order valence-corrected chi connectivity index (χ2v) is 5.34. The van der Waals surface area contributed by atoms with Gasteiger partial charge in [0.05, 0.1) is 6.57 Å². The molecule has 2 atom stereocenters. The molecule has 96 valence electrons. The summed E-state index contributed by atoms with van der Waals surface area (Å²) in [5.74, 6) is 0.751. The van der Waals surface area contributed by atoms with Gasteiger partial charge in [-0.2, -0.15) is 0 Å². The number of H-pyrrole nitrogens is 1. The number of nitrogens with one attached hydrogen (secondary N) is 1. The second kappa shape index (κ2) is 4.55. The van der Waals surface area contributed by atoms with Gasteiger partial charge in [0, 0.05) is 17.6 Å². The molecule has 1 aliphatic carbocycles. The highest BCUT2D eigenvalue weighted by atomic mass is 16.1. The minimum Gasteiger partial charge on any atom is -0.361 e. The summed E-state index contributed by atoms with van der Waals surface area (Å²) < 4.78 is 0. The van der Waals surface area contributed by atoms with Gasteiger partial charge in [-0.25, -0.2) is 4.85 Å². The Morgan fingerprint density at radius 3 is 3.00 bits per heavy atom. The van der Waals surface area contributed by atoms with E-state index in [2.05, 4.69) is 9.83 Å². The highest BCUT2D eigenvalue weighted by molar-refractivity contribution is 5.88. The summed E-state index contributed by atoms with van der Waals surface area (Å²) in [6.45, 7) is 8.82. The van der Waals surface area contributed by atoms with Gasteiger partial charge >= 0.3 is 0 Å². The molecule has 0 radical (unpaired) electrons. The first-order valence-corrected chi connectivity index (χ1v) is 6.69. The molecule has 3 rings (SSSR count). The molecular weight excluding hydrogens is 236 g/mol. The first-order chi connectivity index (χ1) is 9.20. The molecule has 1 heterocycles. The predicted molar refractivity (Wildman–Crippen MR) is 75.3 cm³/mol. The van der Waals surface area contributed by atoms with Crippen LogP contribution < -0.4 is 0 Å². The van der Waals surface area contributed by atoms with Crippen LogP contribution in [-0.2, 0) is 4.79 Å². The summed E-state index contributed by atoms with van der Waals surface area (Å²) >= 11 is 0. The molecular formula is C16H16N2O. The Balaban J connectivity index is 2.10. The van der Waals surface area contributed by atoms with Crippen molar-refractivity contribution in [2.45, 2.75) is 32.1 Å². The molecule has 0 amide bonds. The number of fused-ring (bicyclic) bond motifs is 1. The molecule has 1 aliphatic rings. The zero-order chi connectivity index (χ0) is 13.4. The monoisotopic (exact) mass is 252 g/mol. The third-order valence-corrected chi connectivity index (χ3v) is 4.26. The Hall–Kier alpha value is -2.08. The lowest BCUT2D eigenvalue weighted by molar-refractivity contribution is -0.120. The molecule has 0 bridgehead atoms. The van der Waals surface area contributed by atoms with Gasteiger partial charge in [-0.1, -0.05) is 12.5 Å². The average molecular weight is 252 g/mol. The van der Waals surface area contributed by atoms with E-state index >= 15 is 0 Å². The number of rotatable bonds is 2. The smallest absolute Gasteiger partial charge is 0.187 e. The quantitative estimate of drug-likeness (QED) is 0.799. The van der Waals surface area contributed by atoms with Gasteiger partial charge < -0.3 is 4.98 Å². The number of nitrogens with zero attached hydrogens (tertiary/aromatic N) is 1. The van der Waals surface area contributed by atoms with Gasteiger partial charge in [-0.05, 0) is 48.8 Å². The minimum absolute atomic E-state index is 0.149. The molecule has 1 aromatic carbocycles. The fourth-order valence-electron chi connectivity index (χ4n) is 3.33. The van der Waals surface area contributed by atoms with Crippen LogP contribution >= 0.6 is 0 Å². The van der Waals surface area contributed by atoms with Crippen LogP contribution in [0.2, 0.25) is 0 Å². The van der Waals surface area contributed by atoms with Crippen molar-refractivity contribution in [2.24, 2.45) is 5.92 Å². The van der Waals surface area contributed by atoms with Crippen LogP contribution in [0, 0.1) is 12.5 Å². The summed E-state index contributed by atoms with van der Waals surface area (Å²) in [5, 5.41) is 1.10. The van der Waals surface area contributed by atoms with E-state index in [4.69, 9.17) is 6.57 Å². The van der Waals surface area contributed by atoms with Gasteiger partial charge in [-0.3, -0.25) is 4.79 Å². The Kier molecular flexibility index (Phi) is 2.87. The SMILES string of the molecule is [C-]#[N+]c1ccc2[nH]cc(C3CCCC3C(C)=O)c2c1. The van der Waals surface area contributed by atoms with Crippen molar-refractivity contribution in [1.82, 2.24) is 4.98 Å². The molecule has 19 heavy (non-hydrogen) atoms. The molecule has 1 saturated carbocycles. The van der Waals surface area contributed by atoms with E-state index in [0.29, 0.717) is 11.6 Å². The maximum atomic E-state index is 11.8. The number of Topliss-reactive ketones (excluding diaryl/α,β-unsaturated/α-hetero) is 1. The van der Waals surface area contributed by atoms with E-state index < -0.39 is 0 Å². The lowest BCUT2D eigenvalue weighted by Crippen LogP contribution is -2.14. The van der Waals surface area contributed by atoms with Crippen molar-refractivity contribution in [3.05, 3.63) is 41.4 Å². The van der Waals surface area contributed by atoms with E-state index in [9.17, 15) is 4.79 Å². The number of benzene rings is 1. The molecule has 3 nitrogen and oxygen atoms in total. The third kappa shape index (κ3) is 1.94. The molecule has 1 aromatic heterocycles. The van der Waals surface area contributed by atoms with Crippen LogP contribution in [0.15, 0.2) is 24.4 Å². The van der Waals surface area contributed by atoms with Crippen LogP contribution in [0.4, 0.5) is 5.69 Å². The number of ketones is 1. The number of hydrogen-bond donors (Lipinski definition) is 1. The summed E-state index contributed by atoms with van der Waals surface area (Å²) in [5.41, 5.74) is 2.92. The van der Waals surface area contributed by atoms with Crippen molar-refractivity contribution in [3.8, 4) is 0 Å². The largest absolute Gasteiger partial charge is 0.361 e. The Morgan fingerprint density at radius 2 is 2.26 bits per heavy atom. The van der Waals surface area contributed by atoms with Crippen molar-refractivity contribution in [3.63, 3.8) is 0 Å². The van der Waals surface area contributed by atoms with E-state index in [1.807, 2.05) is 24.4 Å². The van der Waals surface area contributed by atoms with E-state index in [1.54, 1.807) is 6.92 Å². The predicted octanol–water partition coefficient (Wildman–Crippen LogP) is 4.19. The number of carbonyl (C=O) groups excluding carboxylic acids is 1. The molecule has 2 unspecified atom stereocenters. The minimum atomic E-state index is 0.149. The summed E-state index contributed by atoms with van der Waals surface area (Å²) in [4.78, 5) is 18.5. The second-order valence-electron chi connectivity index (χ2n) is 5.34. The zero-order valence-electron chi connectivity index (χ0n) is 10.9. The van der Waals surface area contributed by atoms with Crippen molar-refractivity contribution in [2.75, 3.05) is 0 Å². The van der Waals surface area contributed by atoms with Crippen molar-refractivity contribution >= 4 is 22.4 Å². The van der Waals surface area contributed by atoms with Crippen LogP contribution in [0.5, 0.6) is 0 Å². The first kappa shape index (κ1) is 12.0. The summed E-state index contributed by atoms with van der Waals surface area (Å²) in [6, 6.07) is 5.71. The first-order valence-electron chi connectivity index (χ1n) is 6.69. The van der Waals surface area contributed by atoms with E-state index in [1.165, 1.54) is 5.56 Å². The maximum Gasteiger partial charge on any atom is 0.187 e. The Morgan fingerprint density at radius 1 is 1.42 bits per heavy atom. The van der Waals surface area contributed by atoms with Gasteiger partial charge in [-0.15, -0.1) is 0 Å². The number of carbonyl (C=O) groups is 1. The maximum absolute atomic E-state index is 11.8. The summed E-state index contributed by atoms with van der Waals surface area (Å²) in [7, 11) is 0. The van der Waals surface area contributed by atoms with E-state index in [0.717, 1.165) is 30.2 Å². The van der Waals surface area contributed by atoms with Gasteiger partial charge in [0.2, 0.25) is 0 Å². The van der Waals surface area contributed by atoms with Crippen LogP contribution in [0.25, 0.3) is 15.7 Å². The fourth-order valence-corrected chi connectivity index (χ4v) is 3.33. The van der Waals surface area contributed by atoms with Crippen molar-refractivity contribution in [1.29, 1.82) is 0 Å². The van der Waals surface area contributed by atoms with Crippen LogP contribution in [0.1, 0.15) is 37.7 Å². The normalized spacial score (nSPS) is 22.5. The topological polar surface area (TPSA) is 37.2 Å². The molecule has 1 N–H and O–H groups in total. The third-order valence-electron chi connectivity index (χ3n) is 4.26. The van der Waals surface area contributed by atoms with Gasteiger partial charge in [0.25, 0.3) is 0 Å². The number of hydrogen-bond acceptors (Lipinski definition) is 1.